The van der Waals surface area contributed by atoms with E-state index < -0.39 is 0 Å². The number of nitrogens with two attached hydrogens (primary N) is 1. The van der Waals surface area contributed by atoms with E-state index in [0.29, 0.717) is 5.00 Å². The van der Waals surface area contributed by atoms with Gasteiger partial charge >= 0.3 is 0 Å². The number of amides is 1. The maximum absolute atomic E-state index is 12.4. The minimum absolute atomic E-state index is 0.0635. The average Bonchev–Trinajstić information content (AvgIpc) is 3.08. The number of thioether (sulfide) groups is 1. The zero-order valence-corrected chi connectivity index (χ0v) is 16.0. The van der Waals surface area contributed by atoms with Crippen LogP contribution in [0, 0.1) is 0 Å². The second-order valence-corrected chi connectivity index (χ2v) is 8.18. The van der Waals surface area contributed by atoms with Crippen LogP contribution in [-0.2, 0) is 4.79 Å². The molecule has 4 rings (SSSR count). The summed E-state index contributed by atoms with van der Waals surface area (Å²) in [5.41, 5.74) is 8.69. The standard InChI is InChI=1S/C21H17N3OS2/c22-20-19(15-8-2-1-3-9-15)24-21(27-20)26-13-18(25)23-17-12-6-10-14-7-4-5-11-16(14)17/h1-12H,13,22H2,(H,23,25). The zero-order valence-electron chi connectivity index (χ0n) is 14.4. The van der Waals surface area contributed by atoms with E-state index in [4.69, 9.17) is 5.73 Å². The fraction of sp³-hybridized carbons (Fsp3) is 0.0476. The van der Waals surface area contributed by atoms with Crippen LogP contribution in [0.5, 0.6) is 0 Å². The Hall–Kier alpha value is -2.83. The summed E-state index contributed by atoms with van der Waals surface area (Å²) in [7, 11) is 0. The van der Waals surface area contributed by atoms with Crippen molar-refractivity contribution in [1.29, 1.82) is 0 Å². The van der Waals surface area contributed by atoms with Crippen LogP contribution in [0.4, 0.5) is 10.7 Å². The van der Waals surface area contributed by atoms with Gasteiger partial charge in [0.2, 0.25) is 5.91 Å². The van der Waals surface area contributed by atoms with Crippen LogP contribution in [0.3, 0.4) is 0 Å². The molecule has 1 aromatic heterocycles. The zero-order chi connectivity index (χ0) is 18.6. The van der Waals surface area contributed by atoms with E-state index in [0.717, 1.165) is 32.1 Å². The summed E-state index contributed by atoms with van der Waals surface area (Å²) in [5, 5.41) is 5.79. The van der Waals surface area contributed by atoms with Gasteiger partial charge in [-0.05, 0) is 11.5 Å². The van der Waals surface area contributed by atoms with Gasteiger partial charge < -0.3 is 11.1 Å². The van der Waals surface area contributed by atoms with E-state index in [1.54, 1.807) is 0 Å². The first-order chi connectivity index (χ1) is 13.2. The highest BCUT2D eigenvalue weighted by Crippen LogP contribution is 2.35. The Bertz CT molecular complexity index is 1090. The highest BCUT2D eigenvalue weighted by atomic mass is 32.2. The molecule has 4 nitrogen and oxygen atoms in total. The van der Waals surface area contributed by atoms with Gasteiger partial charge in [-0.3, -0.25) is 4.79 Å². The van der Waals surface area contributed by atoms with Gasteiger partial charge in [0.15, 0.2) is 4.34 Å². The van der Waals surface area contributed by atoms with E-state index in [1.165, 1.54) is 23.1 Å². The van der Waals surface area contributed by atoms with Gasteiger partial charge in [-0.2, -0.15) is 0 Å². The number of nitrogens with one attached hydrogen (secondary N) is 1. The Balaban J connectivity index is 1.44. The largest absolute Gasteiger partial charge is 0.389 e. The molecule has 0 fully saturated rings. The van der Waals surface area contributed by atoms with Crippen LogP contribution < -0.4 is 11.1 Å². The van der Waals surface area contributed by atoms with Gasteiger partial charge in [0.25, 0.3) is 0 Å². The second-order valence-electron chi connectivity index (χ2n) is 5.92. The van der Waals surface area contributed by atoms with Crippen molar-refractivity contribution in [1.82, 2.24) is 4.98 Å². The van der Waals surface area contributed by atoms with Crippen molar-refractivity contribution in [3.63, 3.8) is 0 Å². The first-order valence-corrected chi connectivity index (χ1v) is 10.2. The molecule has 1 heterocycles. The third-order valence-corrected chi connectivity index (χ3v) is 6.10. The van der Waals surface area contributed by atoms with Gasteiger partial charge in [0.1, 0.15) is 10.7 Å². The Labute approximate surface area is 165 Å². The summed E-state index contributed by atoms with van der Waals surface area (Å²) in [6.07, 6.45) is 0. The topological polar surface area (TPSA) is 68.0 Å². The second kappa shape index (κ2) is 7.82. The molecular formula is C21H17N3OS2. The van der Waals surface area contributed by atoms with Crippen molar-refractivity contribution in [2.45, 2.75) is 4.34 Å². The van der Waals surface area contributed by atoms with Gasteiger partial charge in [-0.15, -0.1) is 0 Å². The minimum atomic E-state index is -0.0635. The lowest BCUT2D eigenvalue weighted by atomic mass is 10.1. The number of nitrogen functional groups attached to an aromatic ring is 1. The third kappa shape index (κ3) is 3.97. The van der Waals surface area contributed by atoms with Crippen molar-refractivity contribution in [2.75, 3.05) is 16.8 Å². The molecule has 3 N–H and O–H groups in total. The summed E-state index contributed by atoms with van der Waals surface area (Å²) in [5.74, 6) is 0.219. The molecule has 0 radical (unpaired) electrons. The summed E-state index contributed by atoms with van der Waals surface area (Å²) >= 11 is 2.81. The number of thiazole rings is 1. The Morgan fingerprint density at radius 2 is 1.74 bits per heavy atom. The van der Waals surface area contributed by atoms with Crippen molar-refractivity contribution in [3.05, 3.63) is 72.8 Å². The molecule has 3 aromatic carbocycles. The molecule has 4 aromatic rings. The Kier molecular flexibility index (Phi) is 5.09. The average molecular weight is 392 g/mol. The Morgan fingerprint density at radius 3 is 2.59 bits per heavy atom. The molecular weight excluding hydrogens is 374 g/mol. The van der Waals surface area contributed by atoms with Crippen LogP contribution in [0.2, 0.25) is 0 Å². The van der Waals surface area contributed by atoms with E-state index >= 15 is 0 Å². The lowest BCUT2D eigenvalue weighted by Gasteiger charge is -2.08. The molecule has 27 heavy (non-hydrogen) atoms. The van der Waals surface area contributed by atoms with Crippen molar-refractivity contribution in [2.24, 2.45) is 0 Å². The summed E-state index contributed by atoms with van der Waals surface area (Å²) < 4.78 is 0.791. The summed E-state index contributed by atoms with van der Waals surface area (Å²) in [6.45, 7) is 0. The normalized spacial score (nSPS) is 10.8. The van der Waals surface area contributed by atoms with Gasteiger partial charge in [-0.1, -0.05) is 89.8 Å². The molecule has 0 aliphatic carbocycles. The number of carbonyl (C=O) groups is 1. The van der Waals surface area contributed by atoms with Crippen molar-refractivity contribution in [3.8, 4) is 11.3 Å². The van der Waals surface area contributed by atoms with Crippen LogP contribution in [0.1, 0.15) is 0 Å². The number of fused-ring (bicyclic) bond motifs is 1. The molecule has 0 bridgehead atoms. The van der Waals surface area contributed by atoms with E-state index in [-0.39, 0.29) is 11.7 Å². The molecule has 0 unspecified atom stereocenters. The van der Waals surface area contributed by atoms with Crippen molar-refractivity contribution >= 4 is 50.5 Å². The fourth-order valence-corrected chi connectivity index (χ4v) is 4.57. The maximum Gasteiger partial charge on any atom is 0.234 e. The summed E-state index contributed by atoms with van der Waals surface area (Å²) in [6, 6.07) is 23.7. The van der Waals surface area contributed by atoms with Gasteiger partial charge in [0, 0.05) is 16.6 Å². The van der Waals surface area contributed by atoms with E-state index in [2.05, 4.69) is 10.3 Å². The van der Waals surface area contributed by atoms with Gasteiger partial charge in [-0.25, -0.2) is 4.98 Å². The first kappa shape index (κ1) is 17.6. The monoisotopic (exact) mass is 391 g/mol. The smallest absolute Gasteiger partial charge is 0.234 e. The number of benzene rings is 3. The number of hydrogen-bond acceptors (Lipinski definition) is 5. The number of hydrogen-bond donors (Lipinski definition) is 2. The number of aromatic nitrogens is 1. The van der Waals surface area contributed by atoms with Crippen LogP contribution >= 0.6 is 23.1 Å². The molecule has 0 atom stereocenters. The van der Waals surface area contributed by atoms with Crippen molar-refractivity contribution < 1.29 is 4.79 Å². The molecule has 134 valence electrons. The lowest BCUT2D eigenvalue weighted by molar-refractivity contribution is -0.113. The number of carbonyl (C=O) groups excluding carboxylic acids is 1. The van der Waals surface area contributed by atoms with E-state index in [9.17, 15) is 4.79 Å². The number of rotatable bonds is 5. The maximum atomic E-state index is 12.4. The predicted molar refractivity (Wildman–Crippen MR) is 115 cm³/mol. The fourth-order valence-electron chi connectivity index (χ4n) is 2.82. The molecule has 0 aliphatic heterocycles. The SMILES string of the molecule is Nc1sc(SCC(=O)Nc2cccc3ccccc23)nc1-c1ccccc1. The predicted octanol–water partition coefficient (Wildman–Crippen LogP) is 5.28. The molecule has 0 saturated heterocycles. The lowest BCUT2D eigenvalue weighted by Crippen LogP contribution is -2.14. The molecule has 6 heteroatoms. The highest BCUT2D eigenvalue weighted by molar-refractivity contribution is 8.01. The Morgan fingerprint density at radius 1 is 1.00 bits per heavy atom. The van der Waals surface area contributed by atoms with Crippen LogP contribution in [0.15, 0.2) is 77.1 Å². The molecule has 0 spiro atoms. The van der Waals surface area contributed by atoms with E-state index in [1.807, 2.05) is 72.8 Å². The summed E-state index contributed by atoms with van der Waals surface area (Å²) in [4.78, 5) is 17.0. The number of nitrogens with zero attached hydrogens (tertiary/aromatic N) is 1. The molecule has 0 saturated carbocycles. The minimum Gasteiger partial charge on any atom is -0.389 e. The van der Waals surface area contributed by atoms with Crippen LogP contribution in [-0.4, -0.2) is 16.6 Å². The highest BCUT2D eigenvalue weighted by Gasteiger charge is 2.13. The number of anilines is 2. The quantitative estimate of drug-likeness (QED) is 0.454. The first-order valence-electron chi connectivity index (χ1n) is 8.43. The molecule has 0 aliphatic rings. The third-order valence-electron chi connectivity index (χ3n) is 4.07. The van der Waals surface area contributed by atoms with Gasteiger partial charge in [0.05, 0.1) is 5.75 Å². The van der Waals surface area contributed by atoms with Crippen LogP contribution in [0.25, 0.3) is 22.0 Å². The molecule has 1 amide bonds.